The number of hydrogen-bond donors (Lipinski definition) is 1. The second-order valence-electron chi connectivity index (χ2n) is 5.47. The van der Waals surface area contributed by atoms with Gasteiger partial charge in [0.25, 0.3) is 5.69 Å². The minimum atomic E-state index is -3.56. The van der Waals surface area contributed by atoms with Gasteiger partial charge in [-0.1, -0.05) is 0 Å². The van der Waals surface area contributed by atoms with Crippen molar-refractivity contribution in [3.8, 4) is 0 Å². The smallest absolute Gasteiger partial charge is 0.269 e. The van der Waals surface area contributed by atoms with Gasteiger partial charge in [0, 0.05) is 12.1 Å². The largest absolute Gasteiger partial charge is 0.331 e. The van der Waals surface area contributed by atoms with Crippen LogP contribution in [-0.2, 0) is 10.0 Å². The van der Waals surface area contributed by atoms with Crippen molar-refractivity contribution < 1.29 is 18.2 Å². The van der Waals surface area contributed by atoms with Crippen molar-refractivity contribution in [1.82, 2.24) is 4.31 Å². The topological polar surface area (TPSA) is 85.0 Å². The lowest BCUT2D eigenvalue weighted by Crippen LogP contribution is -3.17. The highest BCUT2D eigenvalue weighted by atomic mass is 32.2. The van der Waals surface area contributed by atoms with Crippen LogP contribution in [0.4, 0.5) is 5.69 Å². The van der Waals surface area contributed by atoms with Crippen LogP contribution in [0.1, 0.15) is 13.8 Å². The van der Waals surface area contributed by atoms with Crippen LogP contribution < -0.4 is 4.90 Å². The summed E-state index contributed by atoms with van der Waals surface area (Å²) in [6, 6.07) is 5.53. The van der Waals surface area contributed by atoms with Crippen molar-refractivity contribution in [3.63, 3.8) is 0 Å². The van der Waals surface area contributed by atoms with E-state index in [-0.39, 0.29) is 10.6 Å². The first kappa shape index (κ1) is 15.9. The first-order valence-electron chi connectivity index (χ1n) is 6.91. The molecule has 0 aromatic heterocycles. The second kappa shape index (κ2) is 6.08. The van der Waals surface area contributed by atoms with Crippen LogP contribution in [0.5, 0.6) is 0 Å². The molecule has 116 valence electrons. The normalized spacial score (nSPS) is 18.0. The van der Waals surface area contributed by atoms with E-state index in [1.54, 1.807) is 0 Å². The van der Waals surface area contributed by atoms with Gasteiger partial charge in [-0.15, -0.1) is 0 Å². The quantitative estimate of drug-likeness (QED) is 0.621. The van der Waals surface area contributed by atoms with E-state index in [0.717, 1.165) is 13.1 Å². The maximum absolute atomic E-state index is 12.5. The van der Waals surface area contributed by atoms with Gasteiger partial charge >= 0.3 is 0 Å². The molecule has 1 aliphatic rings. The van der Waals surface area contributed by atoms with E-state index in [0.29, 0.717) is 19.1 Å². The molecule has 0 bridgehead atoms. The third kappa shape index (κ3) is 3.39. The Balaban J connectivity index is 2.13. The summed E-state index contributed by atoms with van der Waals surface area (Å²) >= 11 is 0. The number of nitro benzene ring substituents is 1. The molecule has 0 radical (unpaired) electrons. The summed E-state index contributed by atoms with van der Waals surface area (Å²) < 4.78 is 26.4. The first-order valence-corrected chi connectivity index (χ1v) is 8.35. The Kier molecular flexibility index (Phi) is 4.60. The van der Waals surface area contributed by atoms with E-state index in [4.69, 9.17) is 0 Å². The lowest BCUT2D eigenvalue weighted by molar-refractivity contribution is -0.924. The van der Waals surface area contributed by atoms with Gasteiger partial charge in [-0.05, 0) is 26.0 Å². The molecule has 0 saturated carbocycles. The molecule has 0 spiro atoms. The Labute approximate surface area is 124 Å². The fourth-order valence-corrected chi connectivity index (χ4v) is 3.92. The number of sulfonamides is 1. The van der Waals surface area contributed by atoms with E-state index in [9.17, 15) is 18.5 Å². The fraction of sp³-hybridized carbons (Fsp3) is 0.538. The van der Waals surface area contributed by atoms with Gasteiger partial charge in [-0.25, -0.2) is 8.42 Å². The summed E-state index contributed by atoms with van der Waals surface area (Å²) in [5.74, 6) is 0. The lowest BCUT2D eigenvalue weighted by atomic mass is 10.3. The number of quaternary nitrogens is 1. The van der Waals surface area contributed by atoms with E-state index >= 15 is 0 Å². The van der Waals surface area contributed by atoms with Crippen molar-refractivity contribution in [1.29, 1.82) is 0 Å². The lowest BCUT2D eigenvalue weighted by Gasteiger charge is -2.33. The number of hydrogen-bond acceptors (Lipinski definition) is 4. The molecular formula is C13H20N3O4S+. The summed E-state index contributed by atoms with van der Waals surface area (Å²) in [5, 5.41) is 10.6. The average Bonchev–Trinajstić information content (AvgIpc) is 2.47. The van der Waals surface area contributed by atoms with Gasteiger partial charge in [-0.2, -0.15) is 4.31 Å². The van der Waals surface area contributed by atoms with E-state index in [2.05, 4.69) is 13.8 Å². The maximum atomic E-state index is 12.5. The Morgan fingerprint density at radius 1 is 1.19 bits per heavy atom. The zero-order valence-corrected chi connectivity index (χ0v) is 13.0. The molecule has 1 fully saturated rings. The van der Waals surface area contributed by atoms with Crippen LogP contribution in [0.2, 0.25) is 0 Å². The monoisotopic (exact) mass is 314 g/mol. The summed E-state index contributed by atoms with van der Waals surface area (Å²) in [5.41, 5.74) is -0.108. The molecule has 1 N–H and O–H groups in total. The highest BCUT2D eigenvalue weighted by Gasteiger charge is 2.31. The number of non-ortho nitro benzene ring substituents is 1. The van der Waals surface area contributed by atoms with Crippen molar-refractivity contribution in [2.45, 2.75) is 24.8 Å². The zero-order chi connectivity index (χ0) is 15.6. The Hall–Kier alpha value is -1.51. The predicted octanol–water partition coefficient (Wildman–Crippen LogP) is -0.108. The summed E-state index contributed by atoms with van der Waals surface area (Å²) in [6.07, 6.45) is 0. The molecule has 7 nitrogen and oxygen atoms in total. The second-order valence-corrected chi connectivity index (χ2v) is 7.41. The zero-order valence-electron chi connectivity index (χ0n) is 12.2. The molecule has 1 aromatic carbocycles. The number of piperazine rings is 1. The molecule has 0 aliphatic carbocycles. The first-order chi connectivity index (χ1) is 9.82. The van der Waals surface area contributed by atoms with E-state index < -0.39 is 14.9 Å². The van der Waals surface area contributed by atoms with Crippen LogP contribution in [-0.4, -0.2) is 49.9 Å². The molecule has 1 aromatic rings. The average molecular weight is 314 g/mol. The van der Waals surface area contributed by atoms with Crippen LogP contribution in [0, 0.1) is 10.1 Å². The fourth-order valence-electron chi connectivity index (χ4n) is 2.48. The molecule has 0 atom stereocenters. The Morgan fingerprint density at radius 2 is 1.71 bits per heavy atom. The van der Waals surface area contributed by atoms with Crippen LogP contribution >= 0.6 is 0 Å². The third-order valence-electron chi connectivity index (χ3n) is 3.87. The van der Waals surface area contributed by atoms with Crippen molar-refractivity contribution >= 4 is 15.7 Å². The molecule has 1 saturated heterocycles. The highest BCUT2D eigenvalue weighted by molar-refractivity contribution is 7.89. The number of rotatable bonds is 4. The van der Waals surface area contributed by atoms with Crippen molar-refractivity contribution in [3.05, 3.63) is 34.4 Å². The van der Waals surface area contributed by atoms with Gasteiger partial charge in [0.1, 0.15) is 0 Å². The van der Waals surface area contributed by atoms with Crippen LogP contribution in [0.25, 0.3) is 0 Å². The molecule has 1 aliphatic heterocycles. The predicted molar refractivity (Wildman–Crippen MR) is 77.7 cm³/mol. The number of nitrogens with zero attached hydrogens (tertiary/aromatic N) is 2. The van der Waals surface area contributed by atoms with Crippen molar-refractivity contribution in [2.24, 2.45) is 0 Å². The minimum Gasteiger partial charge on any atom is -0.331 e. The number of nitro groups is 1. The Morgan fingerprint density at radius 3 is 2.14 bits per heavy atom. The summed E-state index contributed by atoms with van der Waals surface area (Å²) in [6.45, 7) is 6.76. The number of nitrogens with one attached hydrogen (secondary N) is 1. The molecule has 0 amide bonds. The molecule has 8 heteroatoms. The van der Waals surface area contributed by atoms with Crippen LogP contribution in [0.15, 0.2) is 29.2 Å². The van der Waals surface area contributed by atoms with E-state index in [1.807, 2.05) is 0 Å². The standard InChI is InChI=1S/C13H19N3O4S/c1-11(2)14-7-9-15(10-8-14)21(19,20)13-5-3-12(4-6-13)16(17)18/h3-6,11H,7-10H2,1-2H3/p+1. The van der Waals surface area contributed by atoms with Gasteiger partial charge in [0.05, 0.1) is 42.0 Å². The molecule has 21 heavy (non-hydrogen) atoms. The molecule has 2 rings (SSSR count). The highest BCUT2D eigenvalue weighted by Crippen LogP contribution is 2.19. The van der Waals surface area contributed by atoms with E-state index in [1.165, 1.54) is 33.5 Å². The third-order valence-corrected chi connectivity index (χ3v) is 5.78. The van der Waals surface area contributed by atoms with Gasteiger partial charge in [0.2, 0.25) is 10.0 Å². The van der Waals surface area contributed by atoms with Gasteiger partial charge in [-0.3, -0.25) is 10.1 Å². The Bertz CT molecular complexity index is 605. The minimum absolute atomic E-state index is 0.108. The molecular weight excluding hydrogens is 294 g/mol. The molecule has 1 heterocycles. The van der Waals surface area contributed by atoms with Crippen LogP contribution in [0.3, 0.4) is 0 Å². The SMILES string of the molecule is CC(C)[NH+]1CCN(S(=O)(=O)c2ccc([N+](=O)[O-])cc2)CC1. The summed E-state index contributed by atoms with van der Waals surface area (Å²) in [7, 11) is -3.56. The van der Waals surface area contributed by atoms with Crippen molar-refractivity contribution in [2.75, 3.05) is 26.2 Å². The van der Waals surface area contributed by atoms with Gasteiger partial charge in [0.15, 0.2) is 0 Å². The molecule has 0 unspecified atom stereocenters. The maximum Gasteiger partial charge on any atom is 0.269 e. The summed E-state index contributed by atoms with van der Waals surface area (Å²) in [4.78, 5) is 11.6. The van der Waals surface area contributed by atoms with Gasteiger partial charge < -0.3 is 4.90 Å². The number of benzene rings is 1.